The zero-order chi connectivity index (χ0) is 14.4. The number of rotatable bonds is 7. The van der Waals surface area contributed by atoms with E-state index in [-0.39, 0.29) is 23.9 Å². The van der Waals surface area contributed by atoms with Gasteiger partial charge in [-0.25, -0.2) is 4.39 Å². The summed E-state index contributed by atoms with van der Waals surface area (Å²) in [4.78, 5) is 6.16. The zero-order valence-electron chi connectivity index (χ0n) is 11.9. The summed E-state index contributed by atoms with van der Waals surface area (Å²) in [6.45, 7) is 5.47. The van der Waals surface area contributed by atoms with E-state index in [1.807, 2.05) is 7.05 Å². The normalized spacial score (nSPS) is 16.4. The van der Waals surface area contributed by atoms with Crippen LogP contribution in [0.5, 0.6) is 0 Å². The third kappa shape index (κ3) is 5.63. The van der Waals surface area contributed by atoms with Gasteiger partial charge in [0.05, 0.1) is 24.0 Å². The van der Waals surface area contributed by atoms with Gasteiger partial charge in [0.25, 0.3) is 0 Å². The van der Waals surface area contributed by atoms with Crippen LogP contribution in [0.1, 0.15) is 32.0 Å². The van der Waals surface area contributed by atoms with Gasteiger partial charge in [-0.1, -0.05) is 6.92 Å². The van der Waals surface area contributed by atoms with Gasteiger partial charge in [0.15, 0.2) is 0 Å². The van der Waals surface area contributed by atoms with E-state index in [0.29, 0.717) is 5.69 Å². The molecule has 0 spiro atoms. The first-order valence-electron chi connectivity index (χ1n) is 6.63. The maximum atomic E-state index is 12.8. The van der Waals surface area contributed by atoms with Crippen LogP contribution in [0.3, 0.4) is 0 Å². The number of hydrogen-bond donors (Lipinski definition) is 2. The topological polar surface area (TPSA) is 62.4 Å². The van der Waals surface area contributed by atoms with Gasteiger partial charge >= 0.3 is 0 Å². The van der Waals surface area contributed by atoms with E-state index >= 15 is 0 Å². The summed E-state index contributed by atoms with van der Waals surface area (Å²) in [6.07, 6.45) is 1.65. The molecule has 4 nitrogen and oxygen atoms in total. The fourth-order valence-electron chi connectivity index (χ4n) is 1.98. The van der Waals surface area contributed by atoms with Crippen LogP contribution in [0.2, 0.25) is 0 Å². The molecule has 3 N–H and O–H groups in total. The van der Waals surface area contributed by atoms with E-state index in [0.717, 1.165) is 19.5 Å². The minimum Gasteiger partial charge on any atom is -0.393 e. The third-order valence-corrected chi connectivity index (χ3v) is 3.23. The number of aromatic nitrogens is 1. The van der Waals surface area contributed by atoms with Gasteiger partial charge in [-0.3, -0.25) is 4.98 Å². The van der Waals surface area contributed by atoms with Crippen molar-refractivity contribution in [2.24, 2.45) is 11.7 Å². The van der Waals surface area contributed by atoms with Crippen molar-refractivity contribution in [2.75, 3.05) is 20.1 Å². The van der Waals surface area contributed by atoms with Crippen molar-refractivity contribution in [1.82, 2.24) is 9.88 Å². The highest BCUT2D eigenvalue weighted by Crippen LogP contribution is 2.18. The minimum atomic E-state index is -0.349. The smallest absolute Gasteiger partial charge is 0.141 e. The van der Waals surface area contributed by atoms with Crippen molar-refractivity contribution >= 4 is 0 Å². The van der Waals surface area contributed by atoms with Crippen molar-refractivity contribution in [1.29, 1.82) is 0 Å². The summed E-state index contributed by atoms with van der Waals surface area (Å²) >= 11 is 0. The Morgan fingerprint density at radius 1 is 1.42 bits per heavy atom. The highest BCUT2D eigenvalue weighted by molar-refractivity contribution is 5.10. The van der Waals surface area contributed by atoms with Gasteiger partial charge in [-0.05, 0) is 38.4 Å². The molecule has 0 amide bonds. The molecule has 0 saturated carbocycles. The number of halogens is 1. The molecule has 3 unspecified atom stereocenters. The molecule has 0 aromatic carbocycles. The molecule has 0 aliphatic heterocycles. The molecular formula is C14H24FN3O. The lowest BCUT2D eigenvalue weighted by atomic mass is 9.98. The van der Waals surface area contributed by atoms with E-state index in [1.165, 1.54) is 12.3 Å². The number of nitrogens with zero attached hydrogens (tertiary/aromatic N) is 2. The van der Waals surface area contributed by atoms with Crippen LogP contribution in [-0.4, -0.2) is 41.2 Å². The fourth-order valence-corrected chi connectivity index (χ4v) is 1.98. The Morgan fingerprint density at radius 2 is 2.11 bits per heavy atom. The molecule has 19 heavy (non-hydrogen) atoms. The first-order valence-corrected chi connectivity index (χ1v) is 6.63. The van der Waals surface area contributed by atoms with Crippen molar-refractivity contribution in [3.8, 4) is 0 Å². The molecule has 0 saturated heterocycles. The number of nitrogens with two attached hydrogens (primary N) is 1. The van der Waals surface area contributed by atoms with Crippen LogP contribution in [-0.2, 0) is 0 Å². The average molecular weight is 269 g/mol. The molecule has 0 fully saturated rings. The molecule has 108 valence electrons. The second-order valence-corrected chi connectivity index (χ2v) is 5.30. The van der Waals surface area contributed by atoms with Crippen LogP contribution < -0.4 is 5.73 Å². The minimum absolute atomic E-state index is 0.206. The quantitative estimate of drug-likeness (QED) is 0.788. The summed E-state index contributed by atoms with van der Waals surface area (Å²) < 4.78 is 12.8. The first-order chi connectivity index (χ1) is 8.90. The molecular weight excluding hydrogens is 245 g/mol. The lowest BCUT2D eigenvalue weighted by Crippen LogP contribution is -2.33. The number of aliphatic hydroxyl groups is 1. The van der Waals surface area contributed by atoms with Crippen molar-refractivity contribution in [3.63, 3.8) is 0 Å². The van der Waals surface area contributed by atoms with E-state index in [4.69, 9.17) is 5.73 Å². The molecule has 3 atom stereocenters. The number of hydrogen-bond acceptors (Lipinski definition) is 4. The van der Waals surface area contributed by atoms with E-state index in [9.17, 15) is 9.50 Å². The Labute approximate surface area is 114 Å². The van der Waals surface area contributed by atoms with Gasteiger partial charge in [0.2, 0.25) is 0 Å². The molecule has 1 rings (SSSR count). The summed E-state index contributed by atoms with van der Waals surface area (Å²) in [5, 5.41) is 9.25. The van der Waals surface area contributed by atoms with Crippen LogP contribution >= 0.6 is 0 Å². The van der Waals surface area contributed by atoms with E-state index < -0.39 is 0 Å². The fraction of sp³-hybridized carbons (Fsp3) is 0.643. The molecule has 1 aromatic rings. The van der Waals surface area contributed by atoms with Crippen LogP contribution in [0.4, 0.5) is 4.39 Å². The Kier molecular flexibility index (Phi) is 6.34. The molecule has 0 radical (unpaired) electrons. The Balaban J connectivity index is 2.48. The second-order valence-electron chi connectivity index (χ2n) is 5.30. The van der Waals surface area contributed by atoms with Crippen molar-refractivity contribution in [2.45, 2.75) is 32.4 Å². The molecule has 1 aromatic heterocycles. The third-order valence-electron chi connectivity index (χ3n) is 3.23. The molecule has 5 heteroatoms. The summed E-state index contributed by atoms with van der Waals surface area (Å²) in [6, 6.07) is 2.80. The summed E-state index contributed by atoms with van der Waals surface area (Å²) in [5.41, 5.74) is 6.84. The number of pyridine rings is 1. The Hall–Kier alpha value is -1.04. The number of aliphatic hydroxyl groups excluding tert-OH is 1. The second kappa shape index (κ2) is 7.53. The molecule has 1 heterocycles. The summed E-state index contributed by atoms with van der Waals surface area (Å²) in [5.74, 6) is -0.144. The maximum Gasteiger partial charge on any atom is 0.141 e. The van der Waals surface area contributed by atoms with E-state index in [2.05, 4.69) is 16.8 Å². The lowest BCUT2D eigenvalue weighted by molar-refractivity contribution is 0.157. The average Bonchev–Trinajstić information content (AvgIpc) is 2.36. The SMILES string of the molecule is CC(O)CCN(C)CC(C)C(N)c1ccc(F)cn1. The molecule has 0 bridgehead atoms. The van der Waals surface area contributed by atoms with Crippen LogP contribution in [0.25, 0.3) is 0 Å². The van der Waals surface area contributed by atoms with Gasteiger partial charge < -0.3 is 15.7 Å². The largest absolute Gasteiger partial charge is 0.393 e. The lowest BCUT2D eigenvalue weighted by Gasteiger charge is -2.25. The molecule has 0 aliphatic carbocycles. The van der Waals surface area contributed by atoms with Crippen molar-refractivity contribution < 1.29 is 9.50 Å². The highest BCUT2D eigenvalue weighted by Gasteiger charge is 2.18. The van der Waals surface area contributed by atoms with Gasteiger partial charge in [0, 0.05) is 13.1 Å². The summed E-state index contributed by atoms with van der Waals surface area (Å²) in [7, 11) is 2.00. The van der Waals surface area contributed by atoms with Crippen molar-refractivity contribution in [3.05, 3.63) is 29.8 Å². The zero-order valence-corrected chi connectivity index (χ0v) is 11.9. The standard InChI is InChI=1S/C14H24FN3O/c1-10(9-18(3)7-6-11(2)19)14(16)13-5-4-12(15)8-17-13/h4-5,8,10-11,14,19H,6-7,9,16H2,1-3H3. The molecule has 0 aliphatic rings. The van der Waals surface area contributed by atoms with Crippen LogP contribution in [0.15, 0.2) is 18.3 Å². The van der Waals surface area contributed by atoms with Gasteiger partial charge in [-0.2, -0.15) is 0 Å². The Morgan fingerprint density at radius 3 is 2.63 bits per heavy atom. The van der Waals surface area contributed by atoms with E-state index in [1.54, 1.807) is 13.0 Å². The predicted molar refractivity (Wildman–Crippen MR) is 74.1 cm³/mol. The predicted octanol–water partition coefficient (Wildman–Crippen LogP) is 1.56. The first kappa shape index (κ1) is 16.0. The highest BCUT2D eigenvalue weighted by atomic mass is 19.1. The van der Waals surface area contributed by atoms with Gasteiger partial charge in [-0.15, -0.1) is 0 Å². The van der Waals surface area contributed by atoms with Crippen LogP contribution in [0, 0.1) is 11.7 Å². The van der Waals surface area contributed by atoms with Gasteiger partial charge in [0.1, 0.15) is 5.82 Å². The Bertz CT molecular complexity index is 369. The maximum absolute atomic E-state index is 12.8. The monoisotopic (exact) mass is 269 g/mol.